The highest BCUT2D eigenvalue weighted by Gasteiger charge is 2.11. The summed E-state index contributed by atoms with van der Waals surface area (Å²) in [5.74, 6) is 0.322. The molecule has 0 aromatic heterocycles. The third kappa shape index (κ3) is 16.4. The second kappa shape index (κ2) is 15.3. The van der Waals surface area contributed by atoms with Gasteiger partial charge in [0.1, 0.15) is 0 Å². The summed E-state index contributed by atoms with van der Waals surface area (Å²) in [6.07, 6.45) is 1.95. The molecule has 4 atom stereocenters. The number of aliphatic hydroxyl groups excluding tert-OH is 2. The van der Waals surface area contributed by atoms with Crippen LogP contribution in [0.4, 0.5) is 0 Å². The third-order valence-corrected chi connectivity index (χ3v) is 3.48. The summed E-state index contributed by atoms with van der Waals surface area (Å²) in [6.45, 7) is 8.68. The van der Waals surface area contributed by atoms with Crippen LogP contribution in [0.25, 0.3) is 0 Å². The van der Waals surface area contributed by atoms with Crippen molar-refractivity contribution in [3.63, 3.8) is 0 Å². The monoisotopic (exact) mass is 336 g/mol. The third-order valence-electron chi connectivity index (χ3n) is 3.48. The van der Waals surface area contributed by atoms with Gasteiger partial charge in [-0.3, -0.25) is 0 Å². The van der Waals surface area contributed by atoms with Crippen molar-refractivity contribution in [2.75, 3.05) is 46.8 Å². The van der Waals surface area contributed by atoms with Crippen LogP contribution in [0.3, 0.4) is 0 Å². The maximum Gasteiger partial charge on any atom is 0.0745 e. The average molecular weight is 336 g/mol. The molecule has 0 radical (unpaired) electrons. The molecule has 0 spiro atoms. The SMILES string of the molecule is CO[C@H](C)CCOCCC(CCOCC(C)O)COCC(C)O. The van der Waals surface area contributed by atoms with E-state index in [0.29, 0.717) is 45.6 Å². The normalized spacial score (nSPS) is 17.0. The average Bonchev–Trinajstić information content (AvgIpc) is 2.49. The number of hydrogen-bond donors (Lipinski definition) is 2. The van der Waals surface area contributed by atoms with Crippen molar-refractivity contribution in [3.8, 4) is 0 Å². The molecule has 23 heavy (non-hydrogen) atoms. The molecule has 2 N–H and O–H groups in total. The highest BCUT2D eigenvalue weighted by atomic mass is 16.5. The predicted octanol–water partition coefficient (Wildman–Crippen LogP) is 1.62. The van der Waals surface area contributed by atoms with Crippen molar-refractivity contribution in [2.24, 2.45) is 5.92 Å². The Kier molecular flexibility index (Phi) is 15.1. The van der Waals surface area contributed by atoms with Crippen LogP contribution in [-0.2, 0) is 18.9 Å². The van der Waals surface area contributed by atoms with Gasteiger partial charge in [-0.25, -0.2) is 0 Å². The van der Waals surface area contributed by atoms with Crippen molar-refractivity contribution in [2.45, 2.75) is 58.3 Å². The molecule has 3 unspecified atom stereocenters. The quantitative estimate of drug-likeness (QED) is 0.417. The Bertz CT molecular complexity index is 247. The Morgan fingerprint density at radius 3 is 1.78 bits per heavy atom. The van der Waals surface area contributed by atoms with E-state index in [1.165, 1.54) is 0 Å². The van der Waals surface area contributed by atoms with E-state index in [9.17, 15) is 10.2 Å². The first-order valence-electron chi connectivity index (χ1n) is 8.57. The Morgan fingerprint density at radius 2 is 1.22 bits per heavy atom. The van der Waals surface area contributed by atoms with Crippen LogP contribution in [0.2, 0.25) is 0 Å². The Balaban J connectivity index is 3.86. The number of methoxy groups -OCH3 is 1. The van der Waals surface area contributed by atoms with Gasteiger partial charge < -0.3 is 29.2 Å². The summed E-state index contributed by atoms with van der Waals surface area (Å²) in [5.41, 5.74) is 0. The lowest BCUT2D eigenvalue weighted by atomic mass is 10.0. The molecule has 0 saturated carbocycles. The first-order chi connectivity index (χ1) is 11.0. The van der Waals surface area contributed by atoms with Gasteiger partial charge in [-0.05, 0) is 46.0 Å². The van der Waals surface area contributed by atoms with Crippen molar-refractivity contribution in [3.05, 3.63) is 0 Å². The van der Waals surface area contributed by atoms with Gasteiger partial charge in [0.2, 0.25) is 0 Å². The van der Waals surface area contributed by atoms with E-state index < -0.39 is 12.2 Å². The largest absolute Gasteiger partial charge is 0.391 e. The van der Waals surface area contributed by atoms with E-state index in [0.717, 1.165) is 19.3 Å². The highest BCUT2D eigenvalue weighted by molar-refractivity contribution is 4.60. The molecule has 0 aromatic carbocycles. The van der Waals surface area contributed by atoms with Gasteiger partial charge in [0.05, 0.1) is 31.5 Å². The molecule has 0 aromatic rings. The molecule has 0 bridgehead atoms. The molecule has 0 heterocycles. The van der Waals surface area contributed by atoms with Gasteiger partial charge in [0.15, 0.2) is 0 Å². The molecular weight excluding hydrogens is 300 g/mol. The van der Waals surface area contributed by atoms with E-state index in [4.69, 9.17) is 18.9 Å². The Labute approximate surface area is 141 Å². The fourth-order valence-corrected chi connectivity index (χ4v) is 1.94. The number of rotatable bonds is 16. The van der Waals surface area contributed by atoms with E-state index >= 15 is 0 Å². The lowest BCUT2D eigenvalue weighted by Crippen LogP contribution is -2.20. The second-order valence-corrected chi connectivity index (χ2v) is 6.20. The minimum absolute atomic E-state index is 0.217. The van der Waals surface area contributed by atoms with E-state index in [1.807, 2.05) is 6.92 Å². The topological polar surface area (TPSA) is 77.4 Å². The summed E-state index contributed by atoms with van der Waals surface area (Å²) in [4.78, 5) is 0. The summed E-state index contributed by atoms with van der Waals surface area (Å²) < 4.78 is 21.8. The fraction of sp³-hybridized carbons (Fsp3) is 1.00. The summed E-state index contributed by atoms with van der Waals surface area (Å²) >= 11 is 0. The maximum atomic E-state index is 9.25. The van der Waals surface area contributed by atoms with Gasteiger partial charge in [0, 0.05) is 33.5 Å². The second-order valence-electron chi connectivity index (χ2n) is 6.20. The zero-order valence-corrected chi connectivity index (χ0v) is 15.2. The van der Waals surface area contributed by atoms with Gasteiger partial charge in [-0.2, -0.15) is 0 Å². The van der Waals surface area contributed by atoms with Crippen molar-refractivity contribution >= 4 is 0 Å². The number of ether oxygens (including phenoxy) is 4. The molecule has 0 aliphatic rings. The van der Waals surface area contributed by atoms with Gasteiger partial charge in [-0.15, -0.1) is 0 Å². The molecule has 0 amide bonds. The first-order valence-corrected chi connectivity index (χ1v) is 8.57. The molecule has 0 saturated heterocycles. The summed E-state index contributed by atoms with van der Waals surface area (Å²) in [6, 6.07) is 0. The van der Waals surface area contributed by atoms with Crippen molar-refractivity contribution < 1.29 is 29.2 Å². The molecule has 0 rings (SSSR count). The number of hydrogen-bond acceptors (Lipinski definition) is 6. The highest BCUT2D eigenvalue weighted by Crippen LogP contribution is 2.11. The van der Waals surface area contributed by atoms with E-state index in [1.54, 1.807) is 21.0 Å². The standard InChI is InChI=1S/C17H36O6/c1-14(18)11-22-10-7-17(13-23-12-15(2)19)6-9-21-8-5-16(3)20-4/h14-19H,5-13H2,1-4H3/t14?,15?,16-,17?/m1/s1. The van der Waals surface area contributed by atoms with E-state index in [-0.39, 0.29) is 6.10 Å². The fourth-order valence-electron chi connectivity index (χ4n) is 1.94. The molecule has 0 fully saturated rings. The van der Waals surface area contributed by atoms with Crippen LogP contribution in [0.1, 0.15) is 40.0 Å². The Morgan fingerprint density at radius 1 is 0.696 bits per heavy atom. The maximum absolute atomic E-state index is 9.25. The van der Waals surface area contributed by atoms with Gasteiger partial charge in [0.25, 0.3) is 0 Å². The summed E-state index contributed by atoms with van der Waals surface area (Å²) in [5, 5.41) is 18.4. The predicted molar refractivity (Wildman–Crippen MR) is 89.6 cm³/mol. The molecule has 6 heteroatoms. The lowest BCUT2D eigenvalue weighted by Gasteiger charge is -2.18. The number of aliphatic hydroxyl groups is 2. The van der Waals surface area contributed by atoms with Crippen LogP contribution in [-0.4, -0.2) is 75.3 Å². The summed E-state index contributed by atoms with van der Waals surface area (Å²) in [7, 11) is 1.70. The molecule has 6 nitrogen and oxygen atoms in total. The van der Waals surface area contributed by atoms with E-state index in [2.05, 4.69) is 0 Å². The van der Waals surface area contributed by atoms with Crippen LogP contribution in [0.15, 0.2) is 0 Å². The zero-order valence-electron chi connectivity index (χ0n) is 15.2. The zero-order chi connectivity index (χ0) is 17.5. The lowest BCUT2D eigenvalue weighted by molar-refractivity contribution is 0.00174. The van der Waals surface area contributed by atoms with Crippen LogP contribution in [0, 0.1) is 5.92 Å². The van der Waals surface area contributed by atoms with Crippen molar-refractivity contribution in [1.82, 2.24) is 0 Å². The van der Waals surface area contributed by atoms with Gasteiger partial charge >= 0.3 is 0 Å². The minimum Gasteiger partial charge on any atom is -0.391 e. The molecular formula is C17H36O6. The molecule has 0 aliphatic carbocycles. The molecule has 0 aliphatic heterocycles. The van der Waals surface area contributed by atoms with Gasteiger partial charge in [-0.1, -0.05) is 0 Å². The van der Waals surface area contributed by atoms with Crippen LogP contribution >= 0.6 is 0 Å². The van der Waals surface area contributed by atoms with Crippen LogP contribution < -0.4 is 0 Å². The molecule has 140 valence electrons. The Hall–Kier alpha value is -0.240. The van der Waals surface area contributed by atoms with Crippen LogP contribution in [0.5, 0.6) is 0 Å². The smallest absolute Gasteiger partial charge is 0.0745 e. The van der Waals surface area contributed by atoms with Crippen molar-refractivity contribution in [1.29, 1.82) is 0 Å². The first kappa shape index (κ1) is 22.8. The minimum atomic E-state index is -0.450.